The lowest BCUT2D eigenvalue weighted by atomic mass is 10.1. The number of hydrogen-bond donors (Lipinski definition) is 1. The number of amides is 1. The van der Waals surface area contributed by atoms with Gasteiger partial charge in [-0.1, -0.05) is 13.8 Å². The van der Waals surface area contributed by atoms with Gasteiger partial charge in [-0.25, -0.2) is 4.72 Å². The zero-order chi connectivity index (χ0) is 10.6. The first-order chi connectivity index (χ1) is 5.75. The Morgan fingerprint density at radius 1 is 1.38 bits per heavy atom. The van der Waals surface area contributed by atoms with E-state index in [-0.39, 0.29) is 12.3 Å². The largest absolute Gasteiger partial charge is 0.303 e. The topological polar surface area (TPSA) is 66.5 Å². The van der Waals surface area contributed by atoms with E-state index in [1.807, 2.05) is 18.6 Å². The number of nitrogens with one attached hydrogen (secondary N) is 1. The van der Waals surface area contributed by atoms with Crippen LogP contribution in [0.25, 0.3) is 0 Å². The number of nitrogens with zero attached hydrogens (tertiary/aromatic N) is 1. The maximum atomic E-state index is 11.1. The minimum Gasteiger partial charge on any atom is -0.274 e. The van der Waals surface area contributed by atoms with Crippen molar-refractivity contribution in [3.05, 3.63) is 0 Å². The van der Waals surface area contributed by atoms with Gasteiger partial charge in [-0.3, -0.25) is 4.79 Å². The molecule has 0 spiro atoms. The molecule has 0 saturated carbocycles. The lowest BCUT2D eigenvalue weighted by molar-refractivity contribution is -0.120. The Morgan fingerprint density at radius 3 is 2.15 bits per heavy atom. The van der Waals surface area contributed by atoms with Crippen molar-refractivity contribution in [2.75, 3.05) is 14.1 Å². The first-order valence-corrected chi connectivity index (χ1v) is 5.43. The summed E-state index contributed by atoms with van der Waals surface area (Å²) >= 11 is 0. The Kier molecular flexibility index (Phi) is 4.35. The van der Waals surface area contributed by atoms with E-state index in [1.165, 1.54) is 14.1 Å². The van der Waals surface area contributed by atoms with Crippen LogP contribution in [0.15, 0.2) is 0 Å². The third-order valence-electron chi connectivity index (χ3n) is 1.32. The van der Waals surface area contributed by atoms with Gasteiger partial charge in [0, 0.05) is 20.5 Å². The summed E-state index contributed by atoms with van der Waals surface area (Å²) in [6, 6.07) is 0. The molecule has 0 fully saturated rings. The minimum atomic E-state index is -3.61. The van der Waals surface area contributed by atoms with E-state index in [2.05, 4.69) is 0 Å². The summed E-state index contributed by atoms with van der Waals surface area (Å²) in [6.07, 6.45) is 0.215. The van der Waals surface area contributed by atoms with Gasteiger partial charge in [0.15, 0.2) is 0 Å². The van der Waals surface area contributed by atoms with Crippen LogP contribution in [-0.4, -0.2) is 32.7 Å². The fourth-order valence-corrected chi connectivity index (χ4v) is 1.20. The maximum Gasteiger partial charge on any atom is 0.303 e. The van der Waals surface area contributed by atoms with Gasteiger partial charge in [0.1, 0.15) is 0 Å². The van der Waals surface area contributed by atoms with E-state index >= 15 is 0 Å². The molecule has 1 amide bonds. The summed E-state index contributed by atoms with van der Waals surface area (Å²) in [4.78, 5) is 11.1. The van der Waals surface area contributed by atoms with Crippen LogP contribution in [0.2, 0.25) is 0 Å². The van der Waals surface area contributed by atoms with Crippen LogP contribution in [-0.2, 0) is 15.0 Å². The third kappa shape index (κ3) is 4.84. The molecule has 0 saturated heterocycles. The van der Waals surface area contributed by atoms with Crippen LogP contribution in [0.4, 0.5) is 0 Å². The van der Waals surface area contributed by atoms with Crippen LogP contribution in [0.1, 0.15) is 20.3 Å². The molecule has 78 valence electrons. The molecule has 0 heterocycles. The average molecular weight is 208 g/mol. The molecule has 0 aliphatic heterocycles. The van der Waals surface area contributed by atoms with E-state index in [4.69, 9.17) is 0 Å². The van der Waals surface area contributed by atoms with Gasteiger partial charge in [0.05, 0.1) is 0 Å². The molecule has 0 aliphatic carbocycles. The molecule has 5 nitrogen and oxygen atoms in total. The molecule has 0 aliphatic rings. The summed E-state index contributed by atoms with van der Waals surface area (Å²) in [5.41, 5.74) is 0. The highest BCUT2D eigenvalue weighted by Gasteiger charge is 2.16. The molecule has 6 heteroatoms. The third-order valence-corrected chi connectivity index (χ3v) is 2.76. The predicted octanol–water partition coefficient (Wildman–Crippen LogP) is -0.0449. The van der Waals surface area contributed by atoms with Crippen molar-refractivity contribution in [1.29, 1.82) is 0 Å². The van der Waals surface area contributed by atoms with Crippen molar-refractivity contribution in [3.63, 3.8) is 0 Å². The van der Waals surface area contributed by atoms with Crippen molar-refractivity contribution in [2.45, 2.75) is 20.3 Å². The van der Waals surface area contributed by atoms with Crippen LogP contribution >= 0.6 is 0 Å². The molecular formula is C7H16N2O3S. The summed E-state index contributed by atoms with van der Waals surface area (Å²) in [7, 11) is -0.877. The van der Waals surface area contributed by atoms with E-state index < -0.39 is 16.1 Å². The van der Waals surface area contributed by atoms with E-state index in [9.17, 15) is 13.2 Å². The van der Waals surface area contributed by atoms with Crippen molar-refractivity contribution in [1.82, 2.24) is 9.03 Å². The van der Waals surface area contributed by atoms with Gasteiger partial charge < -0.3 is 0 Å². The number of carbonyl (C=O) groups is 1. The molecule has 0 aromatic heterocycles. The van der Waals surface area contributed by atoms with Crippen LogP contribution in [0, 0.1) is 5.92 Å². The van der Waals surface area contributed by atoms with Gasteiger partial charge in [-0.05, 0) is 5.92 Å². The molecule has 1 N–H and O–H groups in total. The molecule has 13 heavy (non-hydrogen) atoms. The highest BCUT2D eigenvalue weighted by molar-refractivity contribution is 7.87. The second-order valence-electron chi connectivity index (χ2n) is 3.41. The lowest BCUT2D eigenvalue weighted by Gasteiger charge is -2.12. The van der Waals surface area contributed by atoms with Gasteiger partial charge in [0.2, 0.25) is 5.91 Å². The highest BCUT2D eigenvalue weighted by atomic mass is 32.2. The lowest BCUT2D eigenvalue weighted by Crippen LogP contribution is -2.39. The molecular weight excluding hydrogens is 192 g/mol. The molecule has 0 rings (SSSR count). The predicted molar refractivity (Wildman–Crippen MR) is 50.2 cm³/mol. The number of carbonyl (C=O) groups excluding carboxylic acids is 1. The first-order valence-electron chi connectivity index (χ1n) is 3.99. The summed E-state index contributed by atoms with van der Waals surface area (Å²) in [6.45, 7) is 3.70. The number of rotatable bonds is 4. The normalized spacial score (nSPS) is 12.2. The smallest absolute Gasteiger partial charge is 0.274 e. The Hall–Kier alpha value is -0.620. The van der Waals surface area contributed by atoms with Gasteiger partial charge in [0.25, 0.3) is 0 Å². The Bertz CT molecular complexity index is 269. The fraction of sp³-hybridized carbons (Fsp3) is 0.857. The van der Waals surface area contributed by atoms with Gasteiger partial charge >= 0.3 is 10.2 Å². The quantitative estimate of drug-likeness (QED) is 0.704. The van der Waals surface area contributed by atoms with Crippen LogP contribution in [0.5, 0.6) is 0 Å². The minimum absolute atomic E-state index is 0.150. The SMILES string of the molecule is CC(C)CC(=O)NS(=O)(=O)N(C)C. The molecule has 0 unspecified atom stereocenters. The van der Waals surface area contributed by atoms with Gasteiger partial charge in [-0.2, -0.15) is 12.7 Å². The Labute approximate surface area is 79.3 Å². The molecule has 0 bridgehead atoms. The summed E-state index contributed by atoms with van der Waals surface area (Å²) in [5.74, 6) is -0.318. The van der Waals surface area contributed by atoms with Crippen LogP contribution in [0.3, 0.4) is 0 Å². The Balaban J connectivity index is 4.22. The van der Waals surface area contributed by atoms with Crippen LogP contribution < -0.4 is 4.72 Å². The zero-order valence-corrected chi connectivity index (χ0v) is 9.18. The Morgan fingerprint density at radius 2 is 1.85 bits per heavy atom. The van der Waals surface area contributed by atoms with Crippen molar-refractivity contribution in [3.8, 4) is 0 Å². The molecule has 0 atom stereocenters. The van der Waals surface area contributed by atoms with E-state index in [1.54, 1.807) is 0 Å². The molecule has 0 aromatic rings. The number of hydrogen-bond acceptors (Lipinski definition) is 3. The maximum absolute atomic E-state index is 11.1. The monoisotopic (exact) mass is 208 g/mol. The second kappa shape index (κ2) is 4.57. The summed E-state index contributed by atoms with van der Waals surface area (Å²) in [5, 5.41) is 0. The van der Waals surface area contributed by atoms with Crippen molar-refractivity contribution < 1.29 is 13.2 Å². The van der Waals surface area contributed by atoms with Gasteiger partial charge in [-0.15, -0.1) is 0 Å². The second-order valence-corrected chi connectivity index (χ2v) is 5.30. The molecule has 0 radical (unpaired) electrons. The average Bonchev–Trinajstić information content (AvgIpc) is 1.82. The fourth-order valence-electron chi connectivity index (χ4n) is 0.648. The highest BCUT2D eigenvalue weighted by Crippen LogP contribution is 1.99. The standard InChI is InChI=1S/C7H16N2O3S/c1-6(2)5-7(10)8-13(11,12)9(3)4/h6H,5H2,1-4H3,(H,8,10). The van der Waals surface area contributed by atoms with Crippen molar-refractivity contribution in [2.24, 2.45) is 5.92 Å². The van der Waals surface area contributed by atoms with E-state index in [0.29, 0.717) is 0 Å². The molecule has 0 aromatic carbocycles. The zero-order valence-electron chi connectivity index (χ0n) is 8.36. The van der Waals surface area contributed by atoms with E-state index in [0.717, 1.165) is 4.31 Å². The first kappa shape index (κ1) is 12.4. The summed E-state index contributed by atoms with van der Waals surface area (Å²) < 4.78 is 25.1. The van der Waals surface area contributed by atoms with Crippen molar-refractivity contribution >= 4 is 16.1 Å².